The van der Waals surface area contributed by atoms with Crippen LogP contribution in [0.25, 0.3) is 27.5 Å². The SMILES string of the molecule is Cc1c(F)c(N(C)C2CC2)c2[nH]ncc2c1-c1ccn2nc(NC=O)cc2c1. The summed E-state index contributed by atoms with van der Waals surface area (Å²) in [5.41, 5.74) is 4.36. The minimum Gasteiger partial charge on any atom is -0.367 e. The second-order valence-electron chi connectivity index (χ2n) is 7.24. The van der Waals surface area contributed by atoms with Gasteiger partial charge in [-0.2, -0.15) is 10.2 Å². The van der Waals surface area contributed by atoms with E-state index in [-0.39, 0.29) is 5.82 Å². The fourth-order valence-corrected chi connectivity index (χ4v) is 3.88. The van der Waals surface area contributed by atoms with E-state index in [9.17, 15) is 4.79 Å². The van der Waals surface area contributed by atoms with Gasteiger partial charge in [0.2, 0.25) is 6.41 Å². The average molecular weight is 378 g/mol. The van der Waals surface area contributed by atoms with E-state index in [0.717, 1.165) is 34.9 Å². The molecule has 0 atom stereocenters. The van der Waals surface area contributed by atoms with Crippen molar-refractivity contribution in [2.75, 3.05) is 17.3 Å². The standard InChI is InChI=1S/C20H19FN6O/c1-11-17(12-5-6-27-14(7-12)8-16(25-27)22-10-28)15-9-23-24-19(15)20(18(11)21)26(2)13-3-4-13/h5-10,13H,3-4H2,1-2H3,(H,23,24)(H,22,25,28). The number of carbonyl (C=O) groups excluding carboxylic acids is 1. The molecule has 7 nitrogen and oxygen atoms in total. The van der Waals surface area contributed by atoms with Crippen LogP contribution in [0.4, 0.5) is 15.9 Å². The number of hydrogen-bond acceptors (Lipinski definition) is 4. The summed E-state index contributed by atoms with van der Waals surface area (Å²) in [4.78, 5) is 12.7. The molecule has 0 bridgehead atoms. The van der Waals surface area contributed by atoms with Crippen LogP contribution >= 0.6 is 0 Å². The molecule has 1 aliphatic rings. The van der Waals surface area contributed by atoms with Gasteiger partial charge in [-0.05, 0) is 48.6 Å². The number of hydrogen-bond donors (Lipinski definition) is 2. The Hall–Kier alpha value is -3.42. The van der Waals surface area contributed by atoms with Gasteiger partial charge in [0.05, 0.1) is 22.9 Å². The van der Waals surface area contributed by atoms with Gasteiger partial charge < -0.3 is 10.2 Å². The van der Waals surface area contributed by atoms with Crippen molar-refractivity contribution < 1.29 is 9.18 Å². The predicted molar refractivity (Wildman–Crippen MR) is 106 cm³/mol. The van der Waals surface area contributed by atoms with E-state index in [2.05, 4.69) is 20.6 Å². The largest absolute Gasteiger partial charge is 0.367 e. The van der Waals surface area contributed by atoms with Crippen LogP contribution in [0.5, 0.6) is 0 Å². The van der Waals surface area contributed by atoms with Crippen LogP contribution in [0.1, 0.15) is 18.4 Å². The monoisotopic (exact) mass is 378 g/mol. The third kappa shape index (κ3) is 2.45. The number of nitrogens with zero attached hydrogens (tertiary/aromatic N) is 4. The van der Waals surface area contributed by atoms with Crippen molar-refractivity contribution in [3.05, 3.63) is 42.0 Å². The van der Waals surface area contributed by atoms with Crippen LogP contribution in [-0.2, 0) is 4.79 Å². The number of pyridine rings is 1. The maximum Gasteiger partial charge on any atom is 0.212 e. The Balaban J connectivity index is 1.72. The first kappa shape index (κ1) is 16.7. The Labute approximate surface area is 160 Å². The number of H-pyrrole nitrogens is 1. The van der Waals surface area contributed by atoms with Crippen LogP contribution in [-0.4, -0.2) is 39.3 Å². The predicted octanol–water partition coefficient (Wildman–Crippen LogP) is 3.49. The summed E-state index contributed by atoms with van der Waals surface area (Å²) in [5, 5.41) is 14.9. The number of nitrogens with one attached hydrogen (secondary N) is 2. The minimum atomic E-state index is -0.224. The number of carbonyl (C=O) groups is 1. The highest BCUT2D eigenvalue weighted by atomic mass is 19.1. The molecule has 0 saturated heterocycles. The highest BCUT2D eigenvalue weighted by molar-refractivity contribution is 6.03. The zero-order chi connectivity index (χ0) is 19.4. The first-order chi connectivity index (χ1) is 13.6. The van der Waals surface area contributed by atoms with E-state index < -0.39 is 0 Å². The van der Waals surface area contributed by atoms with Crippen LogP contribution < -0.4 is 10.2 Å². The average Bonchev–Trinajstić information content (AvgIpc) is 3.30. The Morgan fingerprint density at radius 2 is 2.21 bits per heavy atom. The van der Waals surface area contributed by atoms with Gasteiger partial charge in [0.25, 0.3) is 0 Å². The Morgan fingerprint density at radius 3 is 2.96 bits per heavy atom. The molecule has 0 aliphatic heterocycles. The molecule has 4 aromatic rings. The smallest absolute Gasteiger partial charge is 0.212 e. The Kier molecular flexibility index (Phi) is 3.61. The molecule has 1 aromatic carbocycles. The number of aromatic nitrogens is 4. The molecule has 1 saturated carbocycles. The maximum absolute atomic E-state index is 15.5. The molecule has 28 heavy (non-hydrogen) atoms. The third-order valence-corrected chi connectivity index (χ3v) is 5.46. The first-order valence-corrected chi connectivity index (χ1v) is 9.16. The topological polar surface area (TPSA) is 78.3 Å². The highest BCUT2D eigenvalue weighted by Crippen LogP contribution is 2.42. The number of fused-ring (bicyclic) bond motifs is 2. The molecule has 2 N–H and O–H groups in total. The number of rotatable bonds is 5. The number of benzene rings is 1. The van der Waals surface area contributed by atoms with Crippen molar-refractivity contribution in [3.63, 3.8) is 0 Å². The van der Waals surface area contributed by atoms with E-state index in [4.69, 9.17) is 0 Å². The molecular formula is C20H19FN6O. The first-order valence-electron chi connectivity index (χ1n) is 9.16. The summed E-state index contributed by atoms with van der Waals surface area (Å²) in [6.07, 6.45) is 6.31. The fraction of sp³-hybridized carbons (Fsp3) is 0.250. The summed E-state index contributed by atoms with van der Waals surface area (Å²) in [7, 11) is 1.94. The van der Waals surface area contributed by atoms with Crippen molar-refractivity contribution >= 4 is 34.3 Å². The third-order valence-electron chi connectivity index (χ3n) is 5.46. The molecule has 142 valence electrons. The van der Waals surface area contributed by atoms with Gasteiger partial charge in [0.15, 0.2) is 11.6 Å². The molecule has 8 heteroatoms. The number of aromatic amines is 1. The fourth-order valence-electron chi connectivity index (χ4n) is 3.88. The van der Waals surface area contributed by atoms with E-state index in [1.54, 1.807) is 29.9 Å². The lowest BCUT2D eigenvalue weighted by Gasteiger charge is -2.22. The van der Waals surface area contributed by atoms with Gasteiger partial charge in [-0.15, -0.1) is 0 Å². The van der Waals surface area contributed by atoms with E-state index >= 15 is 4.39 Å². The number of anilines is 2. The summed E-state index contributed by atoms with van der Waals surface area (Å²) in [6.45, 7) is 1.81. The van der Waals surface area contributed by atoms with Crippen LogP contribution in [0.3, 0.4) is 0 Å². The van der Waals surface area contributed by atoms with Crippen molar-refractivity contribution in [1.29, 1.82) is 0 Å². The molecule has 0 radical (unpaired) electrons. The second-order valence-corrected chi connectivity index (χ2v) is 7.24. The summed E-state index contributed by atoms with van der Waals surface area (Å²) in [6, 6.07) is 5.98. The lowest BCUT2D eigenvalue weighted by Crippen LogP contribution is -2.21. The maximum atomic E-state index is 15.5. The highest BCUT2D eigenvalue weighted by Gasteiger charge is 2.31. The lowest BCUT2D eigenvalue weighted by atomic mass is 9.95. The lowest BCUT2D eigenvalue weighted by molar-refractivity contribution is -0.105. The quantitative estimate of drug-likeness (QED) is 0.521. The van der Waals surface area contributed by atoms with E-state index in [1.165, 1.54) is 0 Å². The minimum absolute atomic E-state index is 0.224. The van der Waals surface area contributed by atoms with Crippen molar-refractivity contribution in [2.45, 2.75) is 25.8 Å². The van der Waals surface area contributed by atoms with E-state index in [0.29, 0.717) is 35.0 Å². The van der Waals surface area contributed by atoms with Crippen molar-refractivity contribution in [3.8, 4) is 11.1 Å². The zero-order valence-corrected chi connectivity index (χ0v) is 15.5. The summed E-state index contributed by atoms with van der Waals surface area (Å²) in [5.74, 6) is 0.239. The normalized spacial score (nSPS) is 14.0. The van der Waals surface area contributed by atoms with Crippen molar-refractivity contribution in [1.82, 2.24) is 19.8 Å². The molecular weight excluding hydrogens is 359 g/mol. The molecule has 1 fully saturated rings. The van der Waals surface area contributed by atoms with Gasteiger partial charge in [0, 0.05) is 30.7 Å². The summed E-state index contributed by atoms with van der Waals surface area (Å²) >= 11 is 0. The molecule has 3 heterocycles. The summed E-state index contributed by atoms with van der Waals surface area (Å²) < 4.78 is 17.1. The second kappa shape index (κ2) is 6.05. The zero-order valence-electron chi connectivity index (χ0n) is 15.5. The molecule has 0 spiro atoms. The van der Waals surface area contributed by atoms with Crippen LogP contribution in [0.2, 0.25) is 0 Å². The number of halogens is 1. The molecule has 3 aromatic heterocycles. The van der Waals surface area contributed by atoms with Gasteiger partial charge in [-0.3, -0.25) is 9.89 Å². The van der Waals surface area contributed by atoms with Gasteiger partial charge in [-0.1, -0.05) is 0 Å². The van der Waals surface area contributed by atoms with Crippen molar-refractivity contribution in [2.24, 2.45) is 0 Å². The molecule has 0 unspecified atom stereocenters. The van der Waals surface area contributed by atoms with Gasteiger partial charge in [-0.25, -0.2) is 8.91 Å². The van der Waals surface area contributed by atoms with Crippen LogP contribution in [0.15, 0.2) is 30.6 Å². The molecule has 5 rings (SSSR count). The molecule has 1 aliphatic carbocycles. The molecule has 1 amide bonds. The Morgan fingerprint density at radius 1 is 1.39 bits per heavy atom. The Bertz CT molecular complexity index is 1220. The van der Waals surface area contributed by atoms with E-state index in [1.807, 2.05) is 24.1 Å². The number of amides is 1. The van der Waals surface area contributed by atoms with Crippen LogP contribution in [0, 0.1) is 12.7 Å². The van der Waals surface area contributed by atoms with Gasteiger partial charge in [0.1, 0.15) is 0 Å². The van der Waals surface area contributed by atoms with Gasteiger partial charge >= 0.3 is 0 Å².